The van der Waals surface area contributed by atoms with E-state index in [4.69, 9.17) is 5.14 Å². The molecule has 0 aliphatic heterocycles. The predicted octanol–water partition coefficient (Wildman–Crippen LogP) is 3.53. The Morgan fingerprint density at radius 3 is 2.29 bits per heavy atom. The fourth-order valence-electron chi connectivity index (χ4n) is 2.42. The van der Waals surface area contributed by atoms with Crippen molar-refractivity contribution in [3.63, 3.8) is 0 Å². The van der Waals surface area contributed by atoms with Crippen LogP contribution in [-0.4, -0.2) is 18.0 Å². The van der Waals surface area contributed by atoms with Gasteiger partial charge in [-0.25, -0.2) is 27.3 Å². The molecule has 0 aliphatic rings. The van der Waals surface area contributed by atoms with Gasteiger partial charge in [-0.05, 0) is 38.1 Å². The molecule has 1 aromatic heterocycles. The normalized spacial score (nSPS) is 13.1. The van der Waals surface area contributed by atoms with Crippen LogP contribution in [0, 0.1) is 0 Å². The number of rotatable bonds is 5. The van der Waals surface area contributed by atoms with Crippen molar-refractivity contribution in [3.8, 4) is 5.69 Å². The first-order valence-corrected chi connectivity index (χ1v) is 8.80. The minimum Gasteiger partial charge on any atom is -0.303 e. The highest BCUT2D eigenvalue weighted by Crippen LogP contribution is 2.26. The summed E-state index contributed by atoms with van der Waals surface area (Å²) in [6.45, 7) is 5.69. The van der Waals surface area contributed by atoms with E-state index in [0.717, 1.165) is 5.57 Å². The average molecular weight is 355 g/mol. The number of imidazole rings is 1. The average Bonchev–Trinajstić information content (AvgIpc) is 2.91. The lowest BCUT2D eigenvalue weighted by Crippen LogP contribution is -2.12. The minimum absolute atomic E-state index is 0.0423. The fraction of sp³-hybridized carbons (Fsp3) is 0.312. The molecule has 1 aromatic carbocycles. The summed E-state index contributed by atoms with van der Waals surface area (Å²) in [4.78, 5) is 3.99. The zero-order valence-electron chi connectivity index (χ0n) is 13.6. The van der Waals surface area contributed by atoms with E-state index in [-0.39, 0.29) is 16.5 Å². The van der Waals surface area contributed by atoms with E-state index in [0.29, 0.717) is 11.5 Å². The van der Waals surface area contributed by atoms with Crippen molar-refractivity contribution in [2.45, 2.75) is 38.0 Å². The van der Waals surface area contributed by atoms with E-state index in [2.05, 4.69) is 4.98 Å². The Bertz CT molecular complexity index is 852. The minimum atomic E-state index is -3.81. The highest BCUT2D eigenvalue weighted by atomic mass is 32.2. The van der Waals surface area contributed by atoms with Crippen LogP contribution in [0.4, 0.5) is 8.78 Å². The van der Waals surface area contributed by atoms with Gasteiger partial charge in [-0.1, -0.05) is 18.6 Å². The molecule has 130 valence electrons. The van der Waals surface area contributed by atoms with Crippen LogP contribution in [0.1, 0.15) is 44.6 Å². The SMILES string of the molecule is CC(C)=CC(C)c1nc(C(F)F)cn1-c1ccc(S(N)(=O)=O)cc1. The number of hydrogen-bond acceptors (Lipinski definition) is 3. The number of primary sulfonamides is 1. The second kappa shape index (κ2) is 6.82. The fourth-order valence-corrected chi connectivity index (χ4v) is 2.93. The number of nitrogens with two attached hydrogens (primary N) is 1. The smallest absolute Gasteiger partial charge is 0.281 e. The van der Waals surface area contributed by atoms with Gasteiger partial charge in [-0.2, -0.15) is 0 Å². The zero-order chi connectivity index (χ0) is 18.1. The van der Waals surface area contributed by atoms with E-state index >= 15 is 0 Å². The van der Waals surface area contributed by atoms with Gasteiger partial charge in [0.25, 0.3) is 6.43 Å². The van der Waals surface area contributed by atoms with Gasteiger partial charge in [-0.3, -0.25) is 0 Å². The summed E-state index contributed by atoms with van der Waals surface area (Å²) in [7, 11) is -3.81. The maximum absolute atomic E-state index is 13.0. The molecule has 0 radical (unpaired) electrons. The van der Waals surface area contributed by atoms with Crippen molar-refractivity contribution in [1.29, 1.82) is 0 Å². The molecule has 0 saturated heterocycles. The molecule has 1 atom stereocenters. The number of allylic oxidation sites excluding steroid dienone is 2. The van der Waals surface area contributed by atoms with Crippen molar-refractivity contribution in [2.75, 3.05) is 0 Å². The molecular formula is C16H19F2N3O2S. The summed E-state index contributed by atoms with van der Waals surface area (Å²) in [6.07, 6.45) is 0.501. The zero-order valence-corrected chi connectivity index (χ0v) is 14.4. The number of sulfonamides is 1. The molecule has 1 unspecified atom stereocenters. The van der Waals surface area contributed by atoms with Gasteiger partial charge in [0.2, 0.25) is 10.0 Å². The Hall–Kier alpha value is -2.06. The van der Waals surface area contributed by atoms with Crippen LogP contribution >= 0.6 is 0 Å². The number of hydrogen-bond donors (Lipinski definition) is 1. The summed E-state index contributed by atoms with van der Waals surface area (Å²) in [5, 5.41) is 5.07. The molecule has 2 N–H and O–H groups in total. The van der Waals surface area contributed by atoms with Crippen molar-refractivity contribution in [3.05, 3.63) is 53.6 Å². The third kappa shape index (κ3) is 4.07. The summed E-state index contributed by atoms with van der Waals surface area (Å²) < 4.78 is 50.3. The summed E-state index contributed by atoms with van der Waals surface area (Å²) >= 11 is 0. The molecule has 24 heavy (non-hydrogen) atoms. The Balaban J connectivity index is 2.54. The maximum Gasteiger partial charge on any atom is 0.281 e. The van der Waals surface area contributed by atoms with Crippen LogP contribution in [0.5, 0.6) is 0 Å². The highest BCUT2D eigenvalue weighted by Gasteiger charge is 2.19. The number of alkyl halides is 2. The van der Waals surface area contributed by atoms with Crippen molar-refractivity contribution in [2.24, 2.45) is 5.14 Å². The molecular weight excluding hydrogens is 336 g/mol. The Labute approximate surface area is 139 Å². The monoisotopic (exact) mass is 355 g/mol. The molecule has 8 heteroatoms. The standard InChI is InChI=1S/C16H19F2N3O2S/c1-10(2)8-11(3)16-20-14(15(17)18)9-21(16)12-4-6-13(7-5-12)24(19,22)23/h4-9,11,15H,1-3H3,(H2,19,22,23). The van der Waals surface area contributed by atoms with Crippen LogP contribution in [-0.2, 0) is 10.0 Å². The molecule has 2 aromatic rings. The maximum atomic E-state index is 13.0. The molecule has 0 fully saturated rings. The van der Waals surface area contributed by atoms with E-state index in [1.807, 2.05) is 26.8 Å². The molecule has 1 heterocycles. The van der Waals surface area contributed by atoms with Crippen LogP contribution in [0.2, 0.25) is 0 Å². The molecule has 0 amide bonds. The Morgan fingerprint density at radius 2 is 1.83 bits per heavy atom. The molecule has 5 nitrogen and oxygen atoms in total. The molecule has 2 rings (SSSR count). The lowest BCUT2D eigenvalue weighted by atomic mass is 10.1. The third-order valence-electron chi connectivity index (χ3n) is 3.41. The van der Waals surface area contributed by atoms with Gasteiger partial charge in [0, 0.05) is 17.8 Å². The van der Waals surface area contributed by atoms with Gasteiger partial charge in [0.1, 0.15) is 11.5 Å². The van der Waals surface area contributed by atoms with Gasteiger partial charge in [0.15, 0.2) is 0 Å². The van der Waals surface area contributed by atoms with Crippen molar-refractivity contribution < 1.29 is 17.2 Å². The number of benzene rings is 1. The topological polar surface area (TPSA) is 78.0 Å². The van der Waals surface area contributed by atoms with E-state index in [9.17, 15) is 17.2 Å². The number of aromatic nitrogens is 2. The molecule has 0 aliphatic carbocycles. The summed E-state index contributed by atoms with van der Waals surface area (Å²) in [6, 6.07) is 5.69. The Kier molecular flexibility index (Phi) is 5.19. The van der Waals surface area contributed by atoms with Crippen LogP contribution in [0.15, 0.2) is 47.0 Å². The van der Waals surface area contributed by atoms with E-state index < -0.39 is 16.4 Å². The predicted molar refractivity (Wildman–Crippen MR) is 87.7 cm³/mol. The van der Waals surface area contributed by atoms with Gasteiger partial charge in [0.05, 0.1) is 4.90 Å². The quantitative estimate of drug-likeness (QED) is 0.834. The van der Waals surface area contributed by atoms with Crippen molar-refractivity contribution in [1.82, 2.24) is 9.55 Å². The van der Waals surface area contributed by atoms with E-state index in [1.165, 1.54) is 30.5 Å². The summed E-state index contributed by atoms with van der Waals surface area (Å²) in [5.41, 5.74) is 1.25. The first-order chi connectivity index (χ1) is 11.1. The van der Waals surface area contributed by atoms with Crippen LogP contribution in [0.25, 0.3) is 5.69 Å². The first kappa shape index (κ1) is 18.3. The second-order valence-electron chi connectivity index (χ2n) is 5.77. The first-order valence-electron chi connectivity index (χ1n) is 7.25. The second-order valence-corrected chi connectivity index (χ2v) is 7.33. The van der Waals surface area contributed by atoms with Crippen LogP contribution in [0.3, 0.4) is 0 Å². The molecule has 0 saturated carbocycles. The number of halogens is 2. The van der Waals surface area contributed by atoms with Gasteiger partial charge >= 0.3 is 0 Å². The number of nitrogens with zero attached hydrogens (tertiary/aromatic N) is 2. The third-order valence-corrected chi connectivity index (χ3v) is 4.34. The van der Waals surface area contributed by atoms with Crippen LogP contribution < -0.4 is 5.14 Å². The van der Waals surface area contributed by atoms with E-state index in [1.54, 1.807) is 4.57 Å². The largest absolute Gasteiger partial charge is 0.303 e. The summed E-state index contributed by atoms with van der Waals surface area (Å²) in [5.74, 6) is 0.273. The lowest BCUT2D eigenvalue weighted by molar-refractivity contribution is 0.146. The lowest BCUT2D eigenvalue weighted by Gasteiger charge is -2.12. The Morgan fingerprint density at radius 1 is 1.25 bits per heavy atom. The van der Waals surface area contributed by atoms with Gasteiger partial charge < -0.3 is 4.57 Å². The highest BCUT2D eigenvalue weighted by molar-refractivity contribution is 7.89. The van der Waals surface area contributed by atoms with Crippen molar-refractivity contribution >= 4 is 10.0 Å². The molecule has 0 bridgehead atoms. The molecule has 0 spiro atoms. The van der Waals surface area contributed by atoms with Gasteiger partial charge in [-0.15, -0.1) is 0 Å².